The summed E-state index contributed by atoms with van der Waals surface area (Å²) in [6, 6.07) is 7.41. The second kappa shape index (κ2) is 6.05. The van der Waals surface area contributed by atoms with Crippen molar-refractivity contribution >= 4 is 11.6 Å². The zero-order valence-corrected chi connectivity index (χ0v) is 11.9. The smallest absolute Gasteiger partial charge is 0.260 e. The predicted molar refractivity (Wildman–Crippen MR) is 78.7 cm³/mol. The third-order valence-corrected chi connectivity index (χ3v) is 3.37. The maximum Gasteiger partial charge on any atom is 0.260 e. The number of nitrogens with zero attached hydrogens (tertiary/aromatic N) is 2. The summed E-state index contributed by atoms with van der Waals surface area (Å²) >= 11 is 0. The average Bonchev–Trinajstić information content (AvgIpc) is 3.19. The molecule has 2 N–H and O–H groups in total. The van der Waals surface area contributed by atoms with E-state index in [1.807, 2.05) is 24.3 Å². The van der Waals surface area contributed by atoms with Gasteiger partial charge in [0.25, 0.3) is 5.89 Å². The molecule has 0 spiro atoms. The number of amides is 1. The number of carbonyl (C=O) groups is 1. The third-order valence-electron chi connectivity index (χ3n) is 3.37. The van der Waals surface area contributed by atoms with E-state index < -0.39 is 0 Å². The molecule has 0 atom stereocenters. The first-order valence-corrected chi connectivity index (χ1v) is 7.12. The van der Waals surface area contributed by atoms with Gasteiger partial charge in [0, 0.05) is 0 Å². The summed E-state index contributed by atoms with van der Waals surface area (Å²) in [5.41, 5.74) is 1.41. The van der Waals surface area contributed by atoms with Crippen LogP contribution in [0, 0.1) is 12.8 Å². The molecule has 0 aliphatic heterocycles. The van der Waals surface area contributed by atoms with Crippen LogP contribution in [0.1, 0.15) is 18.7 Å². The molecule has 1 heterocycles. The lowest BCUT2D eigenvalue weighted by atomic mass is 10.1. The van der Waals surface area contributed by atoms with Gasteiger partial charge in [0.05, 0.1) is 17.8 Å². The SMILES string of the molecule is Cc1noc(-c2ccccc2NC(=O)CNCC2CC2)n1. The number of benzene rings is 1. The molecule has 1 aromatic carbocycles. The fraction of sp³-hybridized carbons (Fsp3) is 0.400. The van der Waals surface area contributed by atoms with Crippen LogP contribution >= 0.6 is 0 Å². The monoisotopic (exact) mass is 286 g/mol. The fourth-order valence-corrected chi connectivity index (χ4v) is 2.09. The molecule has 1 aromatic heterocycles. The summed E-state index contributed by atoms with van der Waals surface area (Å²) in [6.07, 6.45) is 2.54. The summed E-state index contributed by atoms with van der Waals surface area (Å²) in [5, 5.41) is 9.83. The molecule has 0 saturated heterocycles. The Labute approximate surface area is 122 Å². The summed E-state index contributed by atoms with van der Waals surface area (Å²) in [7, 11) is 0. The quantitative estimate of drug-likeness (QED) is 0.848. The van der Waals surface area contributed by atoms with Crippen molar-refractivity contribution in [3.05, 3.63) is 30.1 Å². The van der Waals surface area contributed by atoms with Crippen molar-refractivity contribution in [2.75, 3.05) is 18.4 Å². The minimum atomic E-state index is -0.0701. The lowest BCUT2D eigenvalue weighted by molar-refractivity contribution is -0.115. The maximum atomic E-state index is 12.0. The van der Waals surface area contributed by atoms with E-state index in [0.29, 0.717) is 23.9 Å². The number of anilines is 1. The van der Waals surface area contributed by atoms with Gasteiger partial charge in [0.2, 0.25) is 5.91 Å². The second-order valence-corrected chi connectivity index (χ2v) is 5.31. The van der Waals surface area contributed by atoms with Gasteiger partial charge in [-0.05, 0) is 44.4 Å². The van der Waals surface area contributed by atoms with Crippen LogP contribution in [0.4, 0.5) is 5.69 Å². The van der Waals surface area contributed by atoms with Gasteiger partial charge in [-0.3, -0.25) is 4.79 Å². The number of nitrogens with one attached hydrogen (secondary N) is 2. The van der Waals surface area contributed by atoms with Crippen molar-refractivity contribution in [1.29, 1.82) is 0 Å². The molecule has 0 radical (unpaired) electrons. The first-order valence-electron chi connectivity index (χ1n) is 7.12. The average molecular weight is 286 g/mol. The molecular formula is C15H18N4O2. The predicted octanol–water partition coefficient (Wildman–Crippen LogP) is 1.98. The number of hydrogen-bond acceptors (Lipinski definition) is 5. The van der Waals surface area contributed by atoms with Gasteiger partial charge < -0.3 is 15.2 Å². The Bertz CT molecular complexity index is 634. The molecule has 3 rings (SSSR count). The van der Waals surface area contributed by atoms with Crippen LogP contribution in [0.5, 0.6) is 0 Å². The first kappa shape index (κ1) is 13.8. The maximum absolute atomic E-state index is 12.0. The van der Waals surface area contributed by atoms with E-state index in [4.69, 9.17) is 4.52 Å². The summed E-state index contributed by atoms with van der Waals surface area (Å²) < 4.78 is 5.17. The number of carbonyl (C=O) groups excluding carboxylic acids is 1. The molecule has 1 amide bonds. The largest absolute Gasteiger partial charge is 0.334 e. The van der Waals surface area contributed by atoms with E-state index >= 15 is 0 Å². The van der Waals surface area contributed by atoms with Gasteiger partial charge in [-0.15, -0.1) is 0 Å². The highest BCUT2D eigenvalue weighted by atomic mass is 16.5. The Kier molecular flexibility index (Phi) is 3.96. The van der Waals surface area contributed by atoms with Crippen molar-refractivity contribution in [2.45, 2.75) is 19.8 Å². The number of aromatic nitrogens is 2. The molecule has 1 aliphatic carbocycles. The highest BCUT2D eigenvalue weighted by molar-refractivity contribution is 5.95. The zero-order valence-electron chi connectivity index (χ0n) is 11.9. The number of hydrogen-bond donors (Lipinski definition) is 2. The van der Waals surface area contributed by atoms with Crippen LogP contribution in [0.15, 0.2) is 28.8 Å². The Morgan fingerprint density at radius 3 is 2.90 bits per heavy atom. The van der Waals surface area contributed by atoms with E-state index in [-0.39, 0.29) is 5.91 Å². The van der Waals surface area contributed by atoms with E-state index in [1.54, 1.807) is 6.92 Å². The molecule has 1 saturated carbocycles. The van der Waals surface area contributed by atoms with Gasteiger partial charge in [0.15, 0.2) is 5.82 Å². The molecule has 21 heavy (non-hydrogen) atoms. The molecular weight excluding hydrogens is 268 g/mol. The standard InChI is InChI=1S/C15H18N4O2/c1-10-17-15(21-19-10)12-4-2-3-5-13(12)18-14(20)9-16-8-11-6-7-11/h2-5,11,16H,6-9H2,1H3,(H,18,20). The molecule has 2 aromatic rings. The van der Waals surface area contributed by atoms with Crippen LogP contribution in [0.3, 0.4) is 0 Å². The van der Waals surface area contributed by atoms with Crippen molar-refractivity contribution in [1.82, 2.24) is 15.5 Å². The molecule has 6 heteroatoms. The molecule has 0 unspecified atom stereocenters. The van der Waals surface area contributed by atoms with Crippen molar-refractivity contribution in [2.24, 2.45) is 5.92 Å². The van der Waals surface area contributed by atoms with Crippen molar-refractivity contribution < 1.29 is 9.32 Å². The summed E-state index contributed by atoms with van der Waals surface area (Å²) in [5.74, 6) is 1.66. The van der Waals surface area contributed by atoms with E-state index in [9.17, 15) is 4.79 Å². The minimum absolute atomic E-state index is 0.0701. The highest BCUT2D eigenvalue weighted by Crippen LogP contribution is 2.28. The normalized spacial score (nSPS) is 14.1. The Morgan fingerprint density at radius 2 is 2.19 bits per heavy atom. The highest BCUT2D eigenvalue weighted by Gasteiger charge is 2.20. The van der Waals surface area contributed by atoms with E-state index in [0.717, 1.165) is 18.0 Å². The van der Waals surface area contributed by atoms with Gasteiger partial charge in [0.1, 0.15) is 0 Å². The van der Waals surface area contributed by atoms with E-state index in [1.165, 1.54) is 12.8 Å². The van der Waals surface area contributed by atoms with Crippen LogP contribution in [-0.4, -0.2) is 29.1 Å². The van der Waals surface area contributed by atoms with Crippen LogP contribution in [-0.2, 0) is 4.79 Å². The molecule has 1 aliphatic rings. The molecule has 1 fully saturated rings. The molecule has 110 valence electrons. The lowest BCUT2D eigenvalue weighted by Crippen LogP contribution is -2.29. The number of para-hydroxylation sites is 1. The Balaban J connectivity index is 1.65. The minimum Gasteiger partial charge on any atom is -0.334 e. The third kappa shape index (κ3) is 3.66. The van der Waals surface area contributed by atoms with Crippen molar-refractivity contribution in [3.8, 4) is 11.5 Å². The van der Waals surface area contributed by atoms with Crippen LogP contribution in [0.25, 0.3) is 11.5 Å². The van der Waals surface area contributed by atoms with Crippen LogP contribution in [0.2, 0.25) is 0 Å². The fourth-order valence-electron chi connectivity index (χ4n) is 2.09. The zero-order chi connectivity index (χ0) is 14.7. The lowest BCUT2D eigenvalue weighted by Gasteiger charge is -2.09. The second-order valence-electron chi connectivity index (χ2n) is 5.31. The molecule has 6 nitrogen and oxygen atoms in total. The van der Waals surface area contributed by atoms with Crippen LogP contribution < -0.4 is 10.6 Å². The Hall–Kier alpha value is -2.21. The summed E-state index contributed by atoms with van der Waals surface area (Å²) in [6.45, 7) is 2.99. The summed E-state index contributed by atoms with van der Waals surface area (Å²) in [4.78, 5) is 16.2. The van der Waals surface area contributed by atoms with Gasteiger partial charge in [-0.2, -0.15) is 4.98 Å². The Morgan fingerprint density at radius 1 is 1.38 bits per heavy atom. The van der Waals surface area contributed by atoms with Gasteiger partial charge in [-0.1, -0.05) is 17.3 Å². The first-order chi connectivity index (χ1) is 10.2. The van der Waals surface area contributed by atoms with E-state index in [2.05, 4.69) is 20.8 Å². The number of aryl methyl sites for hydroxylation is 1. The van der Waals surface area contributed by atoms with Crippen molar-refractivity contribution in [3.63, 3.8) is 0 Å². The molecule has 0 bridgehead atoms. The number of rotatable bonds is 6. The van der Waals surface area contributed by atoms with Gasteiger partial charge >= 0.3 is 0 Å². The topological polar surface area (TPSA) is 80.0 Å². The van der Waals surface area contributed by atoms with Gasteiger partial charge in [-0.25, -0.2) is 0 Å².